The van der Waals surface area contributed by atoms with E-state index in [1.165, 1.54) is 5.57 Å². The highest BCUT2D eigenvalue weighted by molar-refractivity contribution is 5.68. The Hall–Kier alpha value is -2.53. The van der Waals surface area contributed by atoms with Gasteiger partial charge in [0, 0.05) is 69.9 Å². The third kappa shape index (κ3) is 5.57. The van der Waals surface area contributed by atoms with E-state index in [0.717, 1.165) is 25.9 Å². The number of nitrogens with zero attached hydrogens (tertiary/aromatic N) is 6. The summed E-state index contributed by atoms with van der Waals surface area (Å²) in [5, 5.41) is 0. The molecule has 9 nitrogen and oxygen atoms in total. The van der Waals surface area contributed by atoms with Crippen LogP contribution in [0.1, 0.15) is 66.6 Å². The van der Waals surface area contributed by atoms with Crippen molar-refractivity contribution in [3.63, 3.8) is 0 Å². The highest BCUT2D eigenvalue weighted by Crippen LogP contribution is 2.41. The molecule has 0 aromatic carbocycles. The predicted octanol–water partition coefficient (Wildman–Crippen LogP) is 4.25. The second kappa shape index (κ2) is 10.5. The van der Waals surface area contributed by atoms with Crippen molar-refractivity contribution in [2.75, 3.05) is 55.7 Å². The van der Waals surface area contributed by atoms with E-state index >= 15 is 0 Å². The summed E-state index contributed by atoms with van der Waals surface area (Å²) in [6, 6.07) is 2.33. The van der Waals surface area contributed by atoms with Gasteiger partial charge in [0.2, 0.25) is 0 Å². The molecule has 3 fully saturated rings. The minimum absolute atomic E-state index is 0.0938. The summed E-state index contributed by atoms with van der Waals surface area (Å²) in [6.07, 6.45) is 0.726. The molecule has 216 valence electrons. The van der Waals surface area contributed by atoms with Crippen molar-refractivity contribution >= 4 is 17.7 Å². The SMILES string of the molecule is CC1=CCOC12CCN(c1cc(N3C[C@@H](N4CCN(C(=O)OC(C)(C)C)CC4)[C@H]3C)nc(C(F)F)n1)[C@H](C)C2. The second-order valence-electron chi connectivity index (χ2n) is 12.4. The summed E-state index contributed by atoms with van der Waals surface area (Å²) in [6.45, 7) is 16.7. The van der Waals surface area contributed by atoms with Crippen molar-refractivity contribution in [1.82, 2.24) is 19.8 Å². The molecule has 1 unspecified atom stereocenters. The quantitative estimate of drug-likeness (QED) is 0.518. The number of alkyl halides is 2. The van der Waals surface area contributed by atoms with Crippen LogP contribution in [0.3, 0.4) is 0 Å². The first-order chi connectivity index (χ1) is 18.4. The second-order valence-corrected chi connectivity index (χ2v) is 12.4. The summed E-state index contributed by atoms with van der Waals surface area (Å²) in [5.41, 5.74) is 0.501. The fourth-order valence-corrected chi connectivity index (χ4v) is 6.37. The van der Waals surface area contributed by atoms with Crippen molar-refractivity contribution in [3.05, 3.63) is 23.5 Å². The van der Waals surface area contributed by atoms with Crippen LogP contribution >= 0.6 is 0 Å². The number of piperazine rings is 1. The van der Waals surface area contributed by atoms with Crippen molar-refractivity contribution in [2.45, 2.75) is 90.1 Å². The van der Waals surface area contributed by atoms with Gasteiger partial charge in [0.25, 0.3) is 6.43 Å². The molecule has 39 heavy (non-hydrogen) atoms. The molecule has 4 aliphatic heterocycles. The molecule has 0 saturated carbocycles. The van der Waals surface area contributed by atoms with E-state index in [1.54, 1.807) is 4.90 Å². The fraction of sp³-hybridized carbons (Fsp3) is 0.750. The summed E-state index contributed by atoms with van der Waals surface area (Å²) in [4.78, 5) is 29.3. The van der Waals surface area contributed by atoms with Crippen molar-refractivity contribution < 1.29 is 23.0 Å². The lowest BCUT2D eigenvalue weighted by molar-refractivity contribution is -0.00868. The average molecular weight is 549 g/mol. The average Bonchev–Trinajstić information content (AvgIpc) is 3.21. The number of anilines is 2. The maximum Gasteiger partial charge on any atom is 0.410 e. The molecule has 0 radical (unpaired) electrons. The van der Waals surface area contributed by atoms with E-state index in [1.807, 2.05) is 26.8 Å². The van der Waals surface area contributed by atoms with Crippen LogP contribution in [0.25, 0.3) is 0 Å². The zero-order valence-corrected chi connectivity index (χ0v) is 24.0. The molecule has 11 heteroatoms. The van der Waals surface area contributed by atoms with Gasteiger partial charge in [-0.05, 0) is 53.5 Å². The Morgan fingerprint density at radius 3 is 2.31 bits per heavy atom. The van der Waals surface area contributed by atoms with E-state index in [-0.39, 0.29) is 29.8 Å². The predicted molar refractivity (Wildman–Crippen MR) is 145 cm³/mol. The molecule has 0 bridgehead atoms. The number of ether oxygens (including phenoxy) is 2. The van der Waals surface area contributed by atoms with Crippen molar-refractivity contribution in [3.8, 4) is 0 Å². The van der Waals surface area contributed by atoms with Crippen LogP contribution in [0, 0.1) is 0 Å². The van der Waals surface area contributed by atoms with Crippen LogP contribution in [0.2, 0.25) is 0 Å². The van der Waals surface area contributed by atoms with Gasteiger partial charge in [-0.15, -0.1) is 0 Å². The number of hydrogen-bond acceptors (Lipinski definition) is 8. The highest BCUT2D eigenvalue weighted by Gasteiger charge is 2.45. The molecule has 4 aliphatic rings. The van der Waals surface area contributed by atoms with Crippen LogP contribution < -0.4 is 9.80 Å². The lowest BCUT2D eigenvalue weighted by Gasteiger charge is -2.53. The standard InChI is InChI=1S/C28H42F2N6O3/c1-18-7-14-38-28(18)8-9-35(19(2)16-28)22-15-23(32-25(31-22)24(29)30)36-17-21(20(36)3)33-10-12-34(13-11-33)26(37)39-27(4,5)6/h7,15,19-21,24H,8-14,16-17H2,1-6H3/t19-,20-,21-,28?/m1/s1. The summed E-state index contributed by atoms with van der Waals surface area (Å²) < 4.78 is 39.4. The van der Waals surface area contributed by atoms with E-state index in [4.69, 9.17) is 9.47 Å². The van der Waals surface area contributed by atoms with Gasteiger partial charge in [0.15, 0.2) is 5.82 Å². The number of hydrogen-bond donors (Lipinski definition) is 0. The van der Waals surface area contributed by atoms with E-state index in [0.29, 0.717) is 44.4 Å². The Balaban J connectivity index is 1.24. The lowest BCUT2D eigenvalue weighted by Crippen LogP contribution is -2.68. The van der Waals surface area contributed by atoms with Gasteiger partial charge < -0.3 is 24.2 Å². The van der Waals surface area contributed by atoms with E-state index in [2.05, 4.69) is 51.5 Å². The van der Waals surface area contributed by atoms with Gasteiger partial charge in [-0.1, -0.05) is 6.08 Å². The minimum atomic E-state index is -2.74. The van der Waals surface area contributed by atoms with Crippen molar-refractivity contribution in [1.29, 1.82) is 0 Å². The number of halogens is 2. The first-order valence-electron chi connectivity index (χ1n) is 14.1. The van der Waals surface area contributed by atoms with Crippen LogP contribution in [0.4, 0.5) is 25.2 Å². The molecule has 5 rings (SSSR count). The van der Waals surface area contributed by atoms with Crippen LogP contribution in [0.5, 0.6) is 0 Å². The van der Waals surface area contributed by atoms with Gasteiger partial charge in [-0.3, -0.25) is 4.90 Å². The van der Waals surface area contributed by atoms with Gasteiger partial charge in [-0.2, -0.15) is 0 Å². The maximum absolute atomic E-state index is 13.9. The highest BCUT2D eigenvalue weighted by atomic mass is 19.3. The third-order valence-electron chi connectivity index (χ3n) is 8.75. The number of carbonyl (C=O) groups excluding carboxylic acids is 1. The molecule has 0 N–H and O–H groups in total. The van der Waals surface area contributed by atoms with Gasteiger partial charge in [-0.25, -0.2) is 23.5 Å². The summed E-state index contributed by atoms with van der Waals surface area (Å²) in [7, 11) is 0. The number of amides is 1. The number of rotatable bonds is 4. The maximum atomic E-state index is 13.9. The zero-order valence-electron chi connectivity index (χ0n) is 24.0. The van der Waals surface area contributed by atoms with E-state index in [9.17, 15) is 13.6 Å². The summed E-state index contributed by atoms with van der Waals surface area (Å²) in [5.74, 6) is 0.677. The molecular formula is C28H42F2N6O3. The van der Waals surface area contributed by atoms with Gasteiger partial charge in [0.05, 0.1) is 12.2 Å². The Morgan fingerprint density at radius 1 is 1.10 bits per heavy atom. The number of aromatic nitrogens is 2. The Kier molecular flexibility index (Phi) is 7.52. The molecule has 0 aliphatic carbocycles. The van der Waals surface area contributed by atoms with Crippen molar-refractivity contribution in [2.24, 2.45) is 0 Å². The molecular weight excluding hydrogens is 506 g/mol. The molecule has 1 amide bonds. The third-order valence-corrected chi connectivity index (χ3v) is 8.75. The topological polar surface area (TPSA) is 74.3 Å². The normalized spacial score (nSPS) is 30.1. The summed E-state index contributed by atoms with van der Waals surface area (Å²) >= 11 is 0. The Bertz CT molecular complexity index is 1100. The lowest BCUT2D eigenvalue weighted by atomic mass is 9.82. The molecule has 5 heterocycles. The molecule has 1 aromatic rings. The van der Waals surface area contributed by atoms with Gasteiger partial charge in [0.1, 0.15) is 17.2 Å². The molecule has 4 atom stereocenters. The Labute approximate surface area is 230 Å². The zero-order chi connectivity index (χ0) is 28.1. The first kappa shape index (κ1) is 28.0. The first-order valence-corrected chi connectivity index (χ1v) is 14.1. The number of piperidine rings is 1. The Morgan fingerprint density at radius 2 is 1.77 bits per heavy atom. The van der Waals surface area contributed by atoms with E-state index < -0.39 is 17.9 Å². The van der Waals surface area contributed by atoms with Crippen LogP contribution in [-0.2, 0) is 9.47 Å². The smallest absolute Gasteiger partial charge is 0.410 e. The molecule has 1 spiro atoms. The van der Waals surface area contributed by atoms with Crippen LogP contribution in [-0.4, -0.2) is 101 Å². The minimum Gasteiger partial charge on any atom is -0.444 e. The molecule has 3 saturated heterocycles. The number of carbonyl (C=O) groups is 1. The van der Waals surface area contributed by atoms with Gasteiger partial charge >= 0.3 is 6.09 Å². The monoisotopic (exact) mass is 548 g/mol. The fourth-order valence-electron chi connectivity index (χ4n) is 6.37. The van der Waals surface area contributed by atoms with Crippen LogP contribution in [0.15, 0.2) is 17.7 Å². The molecule has 1 aromatic heterocycles. The largest absolute Gasteiger partial charge is 0.444 e.